The molecule has 120 valence electrons. The Kier molecular flexibility index (Phi) is 7.68. The van der Waals surface area contributed by atoms with E-state index in [2.05, 4.69) is 29.8 Å². The van der Waals surface area contributed by atoms with Crippen LogP contribution in [-0.4, -0.2) is 25.8 Å². The van der Waals surface area contributed by atoms with Gasteiger partial charge in [-0.25, -0.2) is 8.42 Å². The maximum absolute atomic E-state index is 12.9. The summed E-state index contributed by atoms with van der Waals surface area (Å²) in [7, 11) is -3.50. The molecule has 3 nitrogen and oxygen atoms in total. The van der Waals surface area contributed by atoms with E-state index in [1.165, 1.54) is 0 Å². The van der Waals surface area contributed by atoms with E-state index >= 15 is 0 Å². The van der Waals surface area contributed by atoms with Gasteiger partial charge in [0.05, 0.1) is 4.90 Å². The Bertz CT molecular complexity index is 559. The number of halogens is 2. The minimum absolute atomic E-state index is 0.299. The van der Waals surface area contributed by atoms with Crippen LogP contribution in [0.25, 0.3) is 0 Å². The number of sulfonamides is 1. The largest absolute Gasteiger partial charge is 0.244 e. The van der Waals surface area contributed by atoms with Crippen molar-refractivity contribution in [2.24, 2.45) is 5.92 Å². The van der Waals surface area contributed by atoms with Crippen LogP contribution in [0.2, 0.25) is 0 Å². The van der Waals surface area contributed by atoms with E-state index in [4.69, 9.17) is 11.6 Å². The second-order valence-corrected chi connectivity index (χ2v) is 8.06. The van der Waals surface area contributed by atoms with Crippen molar-refractivity contribution in [3.63, 3.8) is 0 Å². The fraction of sp³-hybridized carbons (Fsp3) is 0.600. The highest BCUT2D eigenvalue weighted by Crippen LogP contribution is 2.28. The molecule has 0 atom stereocenters. The van der Waals surface area contributed by atoms with E-state index in [-0.39, 0.29) is 0 Å². The third-order valence-corrected chi connectivity index (χ3v) is 6.98. The monoisotopic (exact) mass is 395 g/mol. The minimum Gasteiger partial charge on any atom is -0.207 e. The second kappa shape index (κ2) is 8.51. The Hall–Kier alpha value is -0.100. The fourth-order valence-electron chi connectivity index (χ4n) is 2.20. The average Bonchev–Trinajstić information content (AvgIpc) is 2.48. The molecule has 1 rings (SSSR count). The SMILES string of the molecule is CCC(CC)CN(CC)S(=O)(=O)c1cc(CCl)ccc1Br. The molecule has 0 aliphatic rings. The smallest absolute Gasteiger partial charge is 0.207 e. The number of nitrogens with zero attached hydrogens (tertiary/aromatic N) is 1. The Morgan fingerprint density at radius 3 is 2.33 bits per heavy atom. The third kappa shape index (κ3) is 4.68. The molecule has 0 radical (unpaired) electrons. The van der Waals surface area contributed by atoms with Crippen LogP contribution in [-0.2, 0) is 15.9 Å². The Balaban J connectivity index is 3.18. The zero-order valence-electron chi connectivity index (χ0n) is 12.8. The first-order valence-corrected chi connectivity index (χ1v) is 10.0. The van der Waals surface area contributed by atoms with Gasteiger partial charge in [0.1, 0.15) is 0 Å². The van der Waals surface area contributed by atoms with Gasteiger partial charge in [0.25, 0.3) is 0 Å². The summed E-state index contributed by atoms with van der Waals surface area (Å²) in [4.78, 5) is 0.299. The number of rotatable bonds is 8. The minimum atomic E-state index is -3.50. The van der Waals surface area contributed by atoms with Gasteiger partial charge >= 0.3 is 0 Å². The summed E-state index contributed by atoms with van der Waals surface area (Å²) in [6.45, 7) is 7.09. The first-order valence-electron chi connectivity index (χ1n) is 7.25. The first kappa shape index (κ1) is 18.9. The number of alkyl halides is 1. The van der Waals surface area contributed by atoms with Crippen molar-refractivity contribution in [2.75, 3.05) is 13.1 Å². The van der Waals surface area contributed by atoms with E-state index in [0.29, 0.717) is 34.3 Å². The molecule has 21 heavy (non-hydrogen) atoms. The molecule has 1 aromatic rings. The summed E-state index contributed by atoms with van der Waals surface area (Å²) in [5, 5.41) is 0. The predicted molar refractivity (Wildman–Crippen MR) is 92.2 cm³/mol. The van der Waals surface area contributed by atoms with Gasteiger partial charge in [0, 0.05) is 23.4 Å². The lowest BCUT2D eigenvalue weighted by Crippen LogP contribution is -2.35. The molecule has 0 amide bonds. The summed E-state index contributed by atoms with van der Waals surface area (Å²) in [6, 6.07) is 5.23. The molecule has 0 unspecified atom stereocenters. The van der Waals surface area contributed by atoms with Gasteiger partial charge < -0.3 is 0 Å². The predicted octanol–water partition coefficient (Wildman–Crippen LogP) is 4.63. The zero-order chi connectivity index (χ0) is 16.0. The van der Waals surface area contributed by atoms with Crippen molar-refractivity contribution in [3.8, 4) is 0 Å². The van der Waals surface area contributed by atoms with Gasteiger partial charge in [-0.3, -0.25) is 0 Å². The lowest BCUT2D eigenvalue weighted by Gasteiger charge is -2.25. The number of hydrogen-bond donors (Lipinski definition) is 0. The molecule has 0 spiro atoms. The van der Waals surface area contributed by atoms with Crippen LogP contribution in [0.3, 0.4) is 0 Å². The topological polar surface area (TPSA) is 37.4 Å². The molecule has 0 aliphatic heterocycles. The van der Waals surface area contributed by atoms with E-state index < -0.39 is 10.0 Å². The highest BCUT2D eigenvalue weighted by Gasteiger charge is 2.27. The molecule has 0 aliphatic carbocycles. The Labute approximate surface area is 141 Å². The van der Waals surface area contributed by atoms with Crippen molar-refractivity contribution < 1.29 is 8.42 Å². The van der Waals surface area contributed by atoms with Crippen molar-refractivity contribution in [2.45, 2.75) is 44.4 Å². The van der Waals surface area contributed by atoms with Crippen molar-refractivity contribution in [1.82, 2.24) is 4.31 Å². The van der Waals surface area contributed by atoms with Crippen molar-refractivity contribution >= 4 is 37.6 Å². The van der Waals surface area contributed by atoms with Crippen LogP contribution in [0.4, 0.5) is 0 Å². The second-order valence-electron chi connectivity index (χ2n) is 5.04. The van der Waals surface area contributed by atoms with Gasteiger partial charge in [-0.05, 0) is 39.5 Å². The van der Waals surface area contributed by atoms with Gasteiger partial charge in [-0.15, -0.1) is 11.6 Å². The van der Waals surface area contributed by atoms with Crippen molar-refractivity contribution in [3.05, 3.63) is 28.2 Å². The average molecular weight is 397 g/mol. The molecule has 0 bridgehead atoms. The molecule has 1 aromatic carbocycles. The fourth-order valence-corrected chi connectivity index (χ4v) is 4.87. The summed E-state index contributed by atoms with van der Waals surface area (Å²) in [5.41, 5.74) is 0.803. The maximum atomic E-state index is 12.9. The zero-order valence-corrected chi connectivity index (χ0v) is 15.9. The van der Waals surface area contributed by atoms with Crippen LogP contribution in [0.5, 0.6) is 0 Å². The third-order valence-electron chi connectivity index (χ3n) is 3.74. The van der Waals surface area contributed by atoms with Crippen LogP contribution < -0.4 is 0 Å². The molecule has 6 heteroatoms. The summed E-state index contributed by atoms with van der Waals surface area (Å²) in [5.74, 6) is 0.684. The summed E-state index contributed by atoms with van der Waals surface area (Å²) >= 11 is 9.16. The van der Waals surface area contributed by atoms with Crippen LogP contribution >= 0.6 is 27.5 Å². The molecule has 0 saturated heterocycles. The van der Waals surface area contributed by atoms with Gasteiger partial charge in [0.15, 0.2) is 0 Å². The lowest BCUT2D eigenvalue weighted by molar-refractivity contribution is 0.339. The lowest BCUT2D eigenvalue weighted by atomic mass is 10.0. The molecular weight excluding hydrogens is 374 g/mol. The summed E-state index contributed by atoms with van der Waals surface area (Å²) in [6.07, 6.45) is 1.96. The molecule has 0 heterocycles. The van der Waals surface area contributed by atoms with Gasteiger partial charge in [0.2, 0.25) is 10.0 Å². The standard InChI is InChI=1S/C15H23BrClNO2S/c1-4-12(5-2)11-18(6-3)21(19,20)15-9-13(10-17)7-8-14(15)16/h7-9,12H,4-6,10-11H2,1-3H3. The normalized spacial score (nSPS) is 12.3. The number of hydrogen-bond acceptors (Lipinski definition) is 2. The molecule has 0 N–H and O–H groups in total. The van der Waals surface area contributed by atoms with Gasteiger partial charge in [-0.2, -0.15) is 4.31 Å². The Morgan fingerprint density at radius 2 is 1.86 bits per heavy atom. The molecular formula is C15H23BrClNO2S. The highest BCUT2D eigenvalue weighted by molar-refractivity contribution is 9.10. The Morgan fingerprint density at radius 1 is 1.24 bits per heavy atom. The number of benzene rings is 1. The quantitative estimate of drug-likeness (QED) is 0.600. The van der Waals surface area contributed by atoms with Gasteiger partial charge in [-0.1, -0.05) is 39.7 Å². The van der Waals surface area contributed by atoms with Crippen LogP contribution in [0.15, 0.2) is 27.6 Å². The maximum Gasteiger partial charge on any atom is 0.244 e. The molecule has 0 saturated carbocycles. The first-order chi connectivity index (χ1) is 9.90. The van der Waals surface area contributed by atoms with Crippen LogP contribution in [0.1, 0.15) is 39.2 Å². The van der Waals surface area contributed by atoms with E-state index in [1.807, 2.05) is 13.0 Å². The van der Waals surface area contributed by atoms with Crippen molar-refractivity contribution in [1.29, 1.82) is 0 Å². The van der Waals surface area contributed by atoms with E-state index in [9.17, 15) is 8.42 Å². The van der Waals surface area contributed by atoms with E-state index in [0.717, 1.165) is 18.4 Å². The molecule has 0 fully saturated rings. The summed E-state index contributed by atoms with van der Waals surface area (Å²) < 4.78 is 27.9. The highest BCUT2D eigenvalue weighted by atomic mass is 79.9. The van der Waals surface area contributed by atoms with Crippen LogP contribution in [0, 0.1) is 5.92 Å². The van der Waals surface area contributed by atoms with E-state index in [1.54, 1.807) is 16.4 Å². The molecule has 0 aromatic heterocycles.